The second kappa shape index (κ2) is 17.2. The molecule has 0 saturated carbocycles. The molecule has 0 amide bonds. The standard InChI is InChI=1S/C16H32N2O/c1-3-5-11-17-13-7-9-15-19-16-10-8-14-18-12-6-4-2/h9-10,15-18H,3-8,11-14H2,1-2H3. The van der Waals surface area contributed by atoms with Gasteiger partial charge in [-0.25, -0.2) is 0 Å². The van der Waals surface area contributed by atoms with Crippen LogP contribution in [0.4, 0.5) is 0 Å². The Balaban J connectivity index is 3.14. The van der Waals surface area contributed by atoms with Crippen molar-refractivity contribution in [3.63, 3.8) is 0 Å². The SMILES string of the molecule is CCCCNCCC=COC=CCCNCCCC. The van der Waals surface area contributed by atoms with Crippen LogP contribution in [0.15, 0.2) is 24.7 Å². The number of hydrogen-bond donors (Lipinski definition) is 2. The van der Waals surface area contributed by atoms with Gasteiger partial charge in [0.05, 0.1) is 12.5 Å². The van der Waals surface area contributed by atoms with Crippen molar-refractivity contribution >= 4 is 0 Å². The van der Waals surface area contributed by atoms with Crippen molar-refractivity contribution in [1.29, 1.82) is 0 Å². The minimum Gasteiger partial charge on any atom is -0.473 e. The Bertz CT molecular complexity index is 193. The van der Waals surface area contributed by atoms with Crippen molar-refractivity contribution in [2.75, 3.05) is 26.2 Å². The molecule has 0 spiro atoms. The summed E-state index contributed by atoms with van der Waals surface area (Å²) in [5.74, 6) is 0. The highest BCUT2D eigenvalue weighted by atomic mass is 16.5. The first-order chi connectivity index (χ1) is 9.41. The summed E-state index contributed by atoms with van der Waals surface area (Å²) in [6.45, 7) is 8.73. The van der Waals surface area contributed by atoms with Gasteiger partial charge in [-0.1, -0.05) is 26.7 Å². The molecule has 0 atom stereocenters. The first-order valence-electron chi connectivity index (χ1n) is 7.78. The number of rotatable bonds is 14. The molecule has 3 nitrogen and oxygen atoms in total. The van der Waals surface area contributed by atoms with Gasteiger partial charge >= 0.3 is 0 Å². The first-order valence-corrected chi connectivity index (χ1v) is 7.78. The molecule has 0 fully saturated rings. The molecule has 0 aliphatic heterocycles. The summed E-state index contributed by atoms with van der Waals surface area (Å²) in [5.41, 5.74) is 0. The largest absolute Gasteiger partial charge is 0.473 e. The van der Waals surface area contributed by atoms with E-state index in [-0.39, 0.29) is 0 Å². The van der Waals surface area contributed by atoms with E-state index in [4.69, 9.17) is 4.74 Å². The first kappa shape index (κ1) is 18.2. The molecule has 0 saturated heterocycles. The molecule has 0 aliphatic carbocycles. The van der Waals surface area contributed by atoms with Gasteiger partial charge in [0.1, 0.15) is 0 Å². The van der Waals surface area contributed by atoms with Crippen LogP contribution < -0.4 is 10.6 Å². The molecule has 3 heteroatoms. The van der Waals surface area contributed by atoms with Gasteiger partial charge < -0.3 is 15.4 Å². The van der Waals surface area contributed by atoms with Crippen molar-refractivity contribution in [2.24, 2.45) is 0 Å². The van der Waals surface area contributed by atoms with E-state index < -0.39 is 0 Å². The van der Waals surface area contributed by atoms with Gasteiger partial charge in [0, 0.05) is 0 Å². The fourth-order valence-corrected chi connectivity index (χ4v) is 1.52. The lowest BCUT2D eigenvalue weighted by Crippen LogP contribution is -2.15. The van der Waals surface area contributed by atoms with Crippen LogP contribution in [0, 0.1) is 0 Å². The Kier molecular flexibility index (Phi) is 16.5. The van der Waals surface area contributed by atoms with Crippen LogP contribution >= 0.6 is 0 Å². The molecule has 112 valence electrons. The molecule has 2 N–H and O–H groups in total. The quantitative estimate of drug-likeness (QED) is 0.373. The zero-order valence-corrected chi connectivity index (χ0v) is 12.8. The Morgan fingerprint density at radius 1 is 0.737 bits per heavy atom. The molecule has 0 rings (SSSR count). The minimum absolute atomic E-state index is 1.02. The third-order valence-electron chi connectivity index (χ3n) is 2.74. The predicted octanol–water partition coefficient (Wildman–Crippen LogP) is 3.59. The molecule has 0 aromatic heterocycles. The van der Waals surface area contributed by atoms with Crippen LogP contribution in [0.5, 0.6) is 0 Å². The van der Waals surface area contributed by atoms with Crippen molar-refractivity contribution in [1.82, 2.24) is 10.6 Å². The third kappa shape index (κ3) is 17.2. The average Bonchev–Trinajstić information content (AvgIpc) is 2.43. The lowest BCUT2D eigenvalue weighted by Gasteiger charge is -2.00. The Labute approximate surface area is 119 Å². The molecule has 0 aromatic carbocycles. The number of nitrogens with one attached hydrogen (secondary N) is 2. The summed E-state index contributed by atoms with van der Waals surface area (Å²) in [4.78, 5) is 0. The zero-order valence-electron chi connectivity index (χ0n) is 12.8. The monoisotopic (exact) mass is 268 g/mol. The average molecular weight is 268 g/mol. The van der Waals surface area contributed by atoms with Gasteiger partial charge in [0.15, 0.2) is 0 Å². The number of ether oxygens (including phenoxy) is 1. The maximum Gasteiger partial charge on any atom is 0.0861 e. The van der Waals surface area contributed by atoms with E-state index in [0.29, 0.717) is 0 Å². The van der Waals surface area contributed by atoms with Crippen LogP contribution in [-0.4, -0.2) is 26.2 Å². The molecular weight excluding hydrogens is 236 g/mol. The van der Waals surface area contributed by atoms with E-state index in [9.17, 15) is 0 Å². The second-order valence-corrected chi connectivity index (χ2v) is 4.66. The van der Waals surface area contributed by atoms with Crippen LogP contribution in [0.2, 0.25) is 0 Å². The topological polar surface area (TPSA) is 33.3 Å². The molecular formula is C16H32N2O. The van der Waals surface area contributed by atoms with Gasteiger partial charge in [0.25, 0.3) is 0 Å². The Hall–Kier alpha value is -0.800. The lowest BCUT2D eigenvalue weighted by atomic mass is 10.3. The summed E-state index contributed by atoms with van der Waals surface area (Å²) in [5, 5.41) is 6.78. The van der Waals surface area contributed by atoms with Crippen LogP contribution in [0.25, 0.3) is 0 Å². The molecule has 0 unspecified atom stereocenters. The van der Waals surface area contributed by atoms with Crippen LogP contribution in [-0.2, 0) is 4.74 Å². The van der Waals surface area contributed by atoms with Crippen LogP contribution in [0.3, 0.4) is 0 Å². The summed E-state index contributed by atoms with van der Waals surface area (Å²) in [6, 6.07) is 0. The van der Waals surface area contributed by atoms with E-state index in [2.05, 4.69) is 36.6 Å². The highest BCUT2D eigenvalue weighted by Crippen LogP contribution is 1.89. The highest BCUT2D eigenvalue weighted by Gasteiger charge is 1.85. The lowest BCUT2D eigenvalue weighted by molar-refractivity contribution is 0.398. The minimum atomic E-state index is 1.02. The fourth-order valence-electron chi connectivity index (χ4n) is 1.52. The zero-order chi connectivity index (χ0) is 14.0. The van der Waals surface area contributed by atoms with E-state index in [1.807, 2.05) is 0 Å². The molecule has 0 aliphatic rings. The van der Waals surface area contributed by atoms with Crippen molar-refractivity contribution in [3.8, 4) is 0 Å². The van der Waals surface area contributed by atoms with E-state index in [0.717, 1.165) is 39.0 Å². The van der Waals surface area contributed by atoms with Crippen molar-refractivity contribution in [3.05, 3.63) is 24.7 Å². The maximum atomic E-state index is 5.27. The van der Waals surface area contributed by atoms with Gasteiger partial charge in [-0.3, -0.25) is 0 Å². The van der Waals surface area contributed by atoms with E-state index >= 15 is 0 Å². The van der Waals surface area contributed by atoms with Crippen molar-refractivity contribution < 1.29 is 4.74 Å². The summed E-state index contributed by atoms with van der Waals surface area (Å²) in [7, 11) is 0. The molecule has 19 heavy (non-hydrogen) atoms. The normalized spacial score (nSPS) is 11.7. The predicted molar refractivity (Wildman–Crippen MR) is 84.2 cm³/mol. The smallest absolute Gasteiger partial charge is 0.0861 e. The number of hydrogen-bond acceptors (Lipinski definition) is 3. The third-order valence-corrected chi connectivity index (χ3v) is 2.74. The van der Waals surface area contributed by atoms with Gasteiger partial charge in [-0.05, 0) is 64.0 Å². The van der Waals surface area contributed by atoms with Crippen molar-refractivity contribution in [2.45, 2.75) is 52.4 Å². The summed E-state index contributed by atoms with van der Waals surface area (Å²) in [6.07, 6.45) is 14.7. The van der Waals surface area contributed by atoms with Crippen LogP contribution in [0.1, 0.15) is 52.4 Å². The molecule has 0 bridgehead atoms. The maximum absolute atomic E-state index is 5.27. The number of unbranched alkanes of at least 4 members (excludes halogenated alkanes) is 2. The van der Waals surface area contributed by atoms with Gasteiger partial charge in [-0.15, -0.1) is 0 Å². The summed E-state index contributed by atoms with van der Waals surface area (Å²) < 4.78 is 5.27. The molecule has 0 radical (unpaired) electrons. The van der Waals surface area contributed by atoms with E-state index in [1.54, 1.807) is 12.5 Å². The Morgan fingerprint density at radius 3 is 1.63 bits per heavy atom. The highest BCUT2D eigenvalue weighted by molar-refractivity contribution is 4.80. The van der Waals surface area contributed by atoms with Gasteiger partial charge in [-0.2, -0.15) is 0 Å². The molecule has 0 aromatic rings. The van der Waals surface area contributed by atoms with E-state index in [1.165, 1.54) is 25.7 Å². The second-order valence-electron chi connectivity index (χ2n) is 4.66. The fraction of sp³-hybridized carbons (Fsp3) is 0.750. The Morgan fingerprint density at radius 2 is 1.21 bits per heavy atom. The van der Waals surface area contributed by atoms with Gasteiger partial charge in [0.2, 0.25) is 0 Å². The molecule has 0 heterocycles. The summed E-state index contributed by atoms with van der Waals surface area (Å²) >= 11 is 0.